The van der Waals surface area contributed by atoms with Crippen molar-refractivity contribution in [3.05, 3.63) is 53.1 Å². The van der Waals surface area contributed by atoms with E-state index in [1.807, 2.05) is 37.4 Å². The molecule has 1 aromatic carbocycles. The fourth-order valence-electron chi connectivity index (χ4n) is 2.80. The predicted molar refractivity (Wildman–Crippen MR) is 94.1 cm³/mol. The van der Waals surface area contributed by atoms with Crippen LogP contribution < -0.4 is 0 Å². The summed E-state index contributed by atoms with van der Waals surface area (Å²) in [5.41, 5.74) is 5.00. The number of nitrogens with zero attached hydrogens (tertiary/aromatic N) is 5. The van der Waals surface area contributed by atoms with Gasteiger partial charge in [-0.25, -0.2) is 9.97 Å². The lowest BCUT2D eigenvalue weighted by atomic mass is 10.0. The molecule has 0 radical (unpaired) electrons. The Bertz CT molecular complexity index is 1030. The molecule has 0 unspecified atom stereocenters. The number of rotatable bonds is 2. The average molecular weight is 336 g/mol. The maximum atomic E-state index is 6.40. The van der Waals surface area contributed by atoms with Crippen molar-refractivity contribution in [1.29, 1.82) is 0 Å². The zero-order valence-electron chi connectivity index (χ0n) is 13.3. The van der Waals surface area contributed by atoms with Crippen LogP contribution in [0.2, 0.25) is 5.02 Å². The molecule has 6 heteroatoms. The summed E-state index contributed by atoms with van der Waals surface area (Å²) in [5, 5.41) is 9.74. The standard InChI is InChI=1S/C18H14ClN5/c1-3-15-13-9-21-18-16(10(2)23-24-18)22-17(13)12(8-20-15)11-6-4-5-7-14(11)19/h4-9H,3H2,1-2H3. The molecule has 0 bridgehead atoms. The second-order valence-corrected chi connectivity index (χ2v) is 5.95. The van der Waals surface area contributed by atoms with E-state index in [2.05, 4.69) is 27.1 Å². The Morgan fingerprint density at radius 2 is 1.83 bits per heavy atom. The van der Waals surface area contributed by atoms with E-state index < -0.39 is 0 Å². The van der Waals surface area contributed by atoms with Gasteiger partial charge in [0, 0.05) is 33.9 Å². The Morgan fingerprint density at radius 1 is 1.00 bits per heavy atom. The molecule has 0 fully saturated rings. The first-order valence-electron chi connectivity index (χ1n) is 7.71. The quantitative estimate of drug-likeness (QED) is 0.551. The van der Waals surface area contributed by atoms with E-state index in [0.717, 1.165) is 39.8 Å². The van der Waals surface area contributed by atoms with Crippen molar-refractivity contribution < 1.29 is 0 Å². The number of fused-ring (bicyclic) bond motifs is 2. The average Bonchev–Trinajstić information content (AvgIpc) is 2.82. The lowest BCUT2D eigenvalue weighted by molar-refractivity contribution is 1.03. The fourth-order valence-corrected chi connectivity index (χ4v) is 3.04. The van der Waals surface area contributed by atoms with Crippen LogP contribution in [0.3, 0.4) is 0 Å². The van der Waals surface area contributed by atoms with Gasteiger partial charge in [-0.2, -0.15) is 5.10 Å². The number of pyridine rings is 1. The van der Waals surface area contributed by atoms with Gasteiger partial charge < -0.3 is 0 Å². The van der Waals surface area contributed by atoms with Gasteiger partial charge in [-0.1, -0.05) is 36.7 Å². The summed E-state index contributed by atoms with van der Waals surface area (Å²) in [6.45, 7) is 3.95. The third-order valence-corrected chi connectivity index (χ3v) is 4.39. The van der Waals surface area contributed by atoms with E-state index in [1.54, 1.807) is 6.20 Å². The summed E-state index contributed by atoms with van der Waals surface area (Å²) in [7, 11) is 0. The number of aromatic nitrogens is 5. The highest BCUT2D eigenvalue weighted by molar-refractivity contribution is 6.33. The van der Waals surface area contributed by atoms with Crippen LogP contribution in [0.25, 0.3) is 33.5 Å². The summed E-state index contributed by atoms with van der Waals surface area (Å²) >= 11 is 6.40. The number of hydrogen-bond donors (Lipinski definition) is 0. The molecule has 0 spiro atoms. The van der Waals surface area contributed by atoms with E-state index in [-0.39, 0.29) is 0 Å². The molecule has 0 saturated heterocycles. The number of halogens is 1. The van der Waals surface area contributed by atoms with Crippen LogP contribution in [0.1, 0.15) is 18.3 Å². The monoisotopic (exact) mass is 335 g/mol. The minimum atomic E-state index is 0.538. The Morgan fingerprint density at radius 3 is 2.62 bits per heavy atom. The third-order valence-electron chi connectivity index (χ3n) is 4.06. The Labute approximate surface area is 144 Å². The van der Waals surface area contributed by atoms with Crippen molar-refractivity contribution in [2.24, 2.45) is 0 Å². The van der Waals surface area contributed by atoms with Gasteiger partial charge >= 0.3 is 0 Å². The van der Waals surface area contributed by atoms with Crippen molar-refractivity contribution in [3.8, 4) is 22.6 Å². The number of benzene rings is 1. The SMILES string of the molecule is CCc1ncc(-c2ccccc2Cl)c2nc3c(C)nnc-3ncc12. The van der Waals surface area contributed by atoms with Gasteiger partial charge in [-0.15, -0.1) is 5.10 Å². The first kappa shape index (κ1) is 14.9. The second kappa shape index (κ2) is 5.76. The molecule has 2 aromatic rings. The normalized spacial score (nSPS) is 11.3. The van der Waals surface area contributed by atoms with E-state index >= 15 is 0 Å². The van der Waals surface area contributed by atoms with Crippen LogP contribution >= 0.6 is 11.6 Å². The maximum Gasteiger partial charge on any atom is 0.202 e. The van der Waals surface area contributed by atoms with E-state index in [9.17, 15) is 0 Å². The van der Waals surface area contributed by atoms with E-state index in [1.165, 1.54) is 0 Å². The first-order valence-corrected chi connectivity index (χ1v) is 8.09. The molecular formula is C18H14ClN5. The molecule has 2 aliphatic heterocycles. The number of hydrogen-bond acceptors (Lipinski definition) is 5. The molecule has 0 saturated carbocycles. The maximum absolute atomic E-state index is 6.40. The van der Waals surface area contributed by atoms with Crippen LogP contribution in [0, 0.1) is 6.92 Å². The molecule has 5 nitrogen and oxygen atoms in total. The smallest absolute Gasteiger partial charge is 0.202 e. The summed E-state index contributed by atoms with van der Waals surface area (Å²) in [6, 6.07) is 7.70. The van der Waals surface area contributed by atoms with Gasteiger partial charge in [-0.05, 0) is 19.4 Å². The lowest BCUT2D eigenvalue weighted by Gasteiger charge is -2.08. The highest BCUT2D eigenvalue weighted by atomic mass is 35.5. The summed E-state index contributed by atoms with van der Waals surface area (Å²) in [4.78, 5) is 13.9. The Kier molecular flexibility index (Phi) is 3.58. The van der Waals surface area contributed by atoms with Gasteiger partial charge in [0.05, 0.1) is 16.9 Å². The molecular weight excluding hydrogens is 322 g/mol. The highest BCUT2D eigenvalue weighted by Gasteiger charge is 2.17. The zero-order valence-corrected chi connectivity index (χ0v) is 14.0. The van der Waals surface area contributed by atoms with Crippen molar-refractivity contribution in [2.45, 2.75) is 20.3 Å². The molecule has 3 heterocycles. The second-order valence-electron chi connectivity index (χ2n) is 5.54. The predicted octanol–water partition coefficient (Wildman–Crippen LogP) is 4.11. The Balaban J connectivity index is 2.15. The third kappa shape index (κ3) is 2.29. The van der Waals surface area contributed by atoms with Crippen LogP contribution in [0.15, 0.2) is 36.7 Å². The Hall–Kier alpha value is -2.66. The van der Waals surface area contributed by atoms with Crippen LogP contribution in [-0.4, -0.2) is 25.1 Å². The molecule has 1 aromatic heterocycles. The van der Waals surface area contributed by atoms with Crippen molar-refractivity contribution in [1.82, 2.24) is 25.1 Å². The molecule has 0 N–H and O–H groups in total. The van der Waals surface area contributed by atoms with Crippen LogP contribution in [0.4, 0.5) is 0 Å². The van der Waals surface area contributed by atoms with Gasteiger partial charge in [0.15, 0.2) is 0 Å². The molecule has 118 valence electrons. The minimum Gasteiger partial charge on any atom is -0.260 e. The van der Waals surface area contributed by atoms with Gasteiger partial charge in [0.2, 0.25) is 5.82 Å². The molecule has 0 atom stereocenters. The molecule has 0 aliphatic carbocycles. The van der Waals surface area contributed by atoms with Crippen molar-refractivity contribution >= 4 is 22.5 Å². The summed E-state index contributed by atoms with van der Waals surface area (Å²) in [6.07, 6.45) is 4.41. The van der Waals surface area contributed by atoms with Crippen LogP contribution in [0.5, 0.6) is 0 Å². The minimum absolute atomic E-state index is 0.538. The van der Waals surface area contributed by atoms with Crippen molar-refractivity contribution in [2.75, 3.05) is 0 Å². The topological polar surface area (TPSA) is 64.5 Å². The van der Waals surface area contributed by atoms with E-state index in [4.69, 9.17) is 16.6 Å². The zero-order chi connectivity index (χ0) is 16.7. The first-order chi connectivity index (χ1) is 11.7. The largest absolute Gasteiger partial charge is 0.260 e. The molecule has 2 aliphatic rings. The fraction of sp³-hybridized carbons (Fsp3) is 0.167. The van der Waals surface area contributed by atoms with Crippen molar-refractivity contribution in [3.63, 3.8) is 0 Å². The van der Waals surface area contributed by atoms with Gasteiger partial charge in [0.1, 0.15) is 5.69 Å². The van der Waals surface area contributed by atoms with Crippen LogP contribution in [-0.2, 0) is 6.42 Å². The van der Waals surface area contributed by atoms with Gasteiger partial charge in [0.25, 0.3) is 0 Å². The summed E-state index contributed by atoms with van der Waals surface area (Å²) in [5.74, 6) is 0.538. The lowest BCUT2D eigenvalue weighted by Crippen LogP contribution is -1.93. The number of aryl methyl sites for hydroxylation is 2. The molecule has 0 amide bonds. The molecule has 24 heavy (non-hydrogen) atoms. The van der Waals surface area contributed by atoms with Gasteiger partial charge in [-0.3, -0.25) is 4.98 Å². The molecule has 4 rings (SSSR count). The highest BCUT2D eigenvalue weighted by Crippen LogP contribution is 2.33. The van der Waals surface area contributed by atoms with E-state index in [0.29, 0.717) is 16.5 Å². The summed E-state index contributed by atoms with van der Waals surface area (Å²) < 4.78 is 0.